The third-order valence-electron chi connectivity index (χ3n) is 4.08. The zero-order valence-corrected chi connectivity index (χ0v) is 14.3. The summed E-state index contributed by atoms with van der Waals surface area (Å²) in [4.78, 5) is 23.5. The molecule has 0 N–H and O–H groups in total. The molecule has 0 unspecified atom stereocenters. The summed E-state index contributed by atoms with van der Waals surface area (Å²) >= 11 is 0. The van der Waals surface area contributed by atoms with Crippen molar-refractivity contribution < 1.29 is 9.32 Å². The molecule has 0 radical (unpaired) electrons. The molecule has 124 valence electrons. The number of carbonyl (C=O) groups is 1. The van der Waals surface area contributed by atoms with Crippen molar-refractivity contribution in [2.75, 3.05) is 7.05 Å². The van der Waals surface area contributed by atoms with Gasteiger partial charge in [0.15, 0.2) is 5.82 Å². The summed E-state index contributed by atoms with van der Waals surface area (Å²) in [6.45, 7) is 6.03. The van der Waals surface area contributed by atoms with Crippen molar-refractivity contribution in [1.82, 2.24) is 20.0 Å². The minimum Gasteiger partial charge on any atom is -0.340 e. The summed E-state index contributed by atoms with van der Waals surface area (Å²) in [7, 11) is 1.74. The van der Waals surface area contributed by atoms with E-state index < -0.39 is 0 Å². The van der Waals surface area contributed by atoms with E-state index in [0.29, 0.717) is 23.8 Å². The van der Waals surface area contributed by atoms with Crippen LogP contribution in [0.1, 0.15) is 40.3 Å². The van der Waals surface area contributed by atoms with Crippen LogP contribution in [0.4, 0.5) is 0 Å². The van der Waals surface area contributed by atoms with Gasteiger partial charge < -0.3 is 9.42 Å². The van der Waals surface area contributed by atoms with Gasteiger partial charge in [-0.15, -0.1) is 0 Å². The number of fused-ring (bicyclic) bond motifs is 1. The minimum absolute atomic E-state index is 0.0664. The summed E-state index contributed by atoms with van der Waals surface area (Å²) in [5.41, 5.74) is 3.41. The maximum atomic E-state index is 13.1. The molecule has 3 rings (SSSR count). The molecule has 24 heavy (non-hydrogen) atoms. The Labute approximate surface area is 140 Å². The lowest BCUT2D eigenvalue weighted by atomic mass is 9.99. The van der Waals surface area contributed by atoms with E-state index in [1.54, 1.807) is 18.9 Å². The largest absolute Gasteiger partial charge is 0.340 e. The normalized spacial score (nSPS) is 11.0. The van der Waals surface area contributed by atoms with Gasteiger partial charge in [-0.05, 0) is 25.0 Å². The van der Waals surface area contributed by atoms with Gasteiger partial charge in [-0.25, -0.2) is 0 Å². The number of benzene rings is 1. The Morgan fingerprint density at radius 2 is 1.96 bits per heavy atom. The first-order valence-electron chi connectivity index (χ1n) is 7.94. The molecule has 6 nitrogen and oxygen atoms in total. The molecule has 0 saturated heterocycles. The summed E-state index contributed by atoms with van der Waals surface area (Å²) in [5, 5.41) is 4.73. The Morgan fingerprint density at radius 1 is 1.21 bits per heavy atom. The smallest absolute Gasteiger partial charge is 0.255 e. The Kier molecular flexibility index (Phi) is 4.29. The number of hydrogen-bond donors (Lipinski definition) is 0. The standard InChI is InChI=1S/C18H20N4O2/c1-5-14-11(2)17(13-8-6-7-9-15(13)20-14)18(23)22(4)10-16-19-12(3)24-21-16/h6-9H,5,10H2,1-4H3. The molecule has 0 bridgehead atoms. The molecule has 3 aromatic rings. The van der Waals surface area contributed by atoms with Gasteiger partial charge in [-0.3, -0.25) is 9.78 Å². The third-order valence-corrected chi connectivity index (χ3v) is 4.08. The molecule has 2 aromatic heterocycles. The molecule has 0 aliphatic carbocycles. The average Bonchev–Trinajstić information content (AvgIpc) is 2.98. The molecule has 0 atom stereocenters. The maximum Gasteiger partial charge on any atom is 0.255 e. The SMILES string of the molecule is CCc1nc2ccccc2c(C(=O)N(C)Cc2noc(C)n2)c1C. The first kappa shape index (κ1) is 16.1. The van der Waals surface area contributed by atoms with E-state index >= 15 is 0 Å². The van der Waals surface area contributed by atoms with Gasteiger partial charge in [0.05, 0.1) is 17.6 Å². The van der Waals surface area contributed by atoms with Gasteiger partial charge in [0.25, 0.3) is 5.91 Å². The number of carbonyl (C=O) groups excluding carboxylic acids is 1. The fourth-order valence-corrected chi connectivity index (χ4v) is 2.86. The van der Waals surface area contributed by atoms with E-state index in [4.69, 9.17) is 4.52 Å². The summed E-state index contributed by atoms with van der Waals surface area (Å²) in [5.74, 6) is 0.919. The minimum atomic E-state index is -0.0664. The summed E-state index contributed by atoms with van der Waals surface area (Å²) in [6.07, 6.45) is 0.782. The number of para-hydroxylation sites is 1. The van der Waals surface area contributed by atoms with Gasteiger partial charge in [0, 0.05) is 25.1 Å². The first-order valence-corrected chi connectivity index (χ1v) is 7.94. The van der Waals surface area contributed by atoms with E-state index in [9.17, 15) is 4.79 Å². The maximum absolute atomic E-state index is 13.1. The molecule has 0 saturated carbocycles. The van der Waals surface area contributed by atoms with Crippen molar-refractivity contribution in [1.29, 1.82) is 0 Å². The molecule has 0 aliphatic heterocycles. The third kappa shape index (κ3) is 2.87. The van der Waals surface area contributed by atoms with Crippen LogP contribution >= 0.6 is 0 Å². The molecule has 0 spiro atoms. The predicted molar refractivity (Wildman–Crippen MR) is 90.7 cm³/mol. The fraction of sp³-hybridized carbons (Fsp3) is 0.333. The monoisotopic (exact) mass is 324 g/mol. The average molecular weight is 324 g/mol. The number of amides is 1. The zero-order valence-electron chi connectivity index (χ0n) is 14.3. The van der Waals surface area contributed by atoms with Crippen LogP contribution in [0.15, 0.2) is 28.8 Å². The Morgan fingerprint density at radius 3 is 2.62 bits per heavy atom. The molecule has 1 amide bonds. The van der Waals surface area contributed by atoms with Crippen molar-refractivity contribution in [2.24, 2.45) is 0 Å². The number of nitrogens with zero attached hydrogens (tertiary/aromatic N) is 4. The summed E-state index contributed by atoms with van der Waals surface area (Å²) in [6, 6.07) is 7.74. The molecule has 0 fully saturated rings. The lowest BCUT2D eigenvalue weighted by Gasteiger charge is -2.19. The molecule has 2 heterocycles. The van der Waals surface area contributed by atoms with E-state index in [-0.39, 0.29) is 5.91 Å². The zero-order chi connectivity index (χ0) is 17.3. The second-order valence-electron chi connectivity index (χ2n) is 5.82. The highest BCUT2D eigenvalue weighted by Crippen LogP contribution is 2.25. The van der Waals surface area contributed by atoms with E-state index in [1.165, 1.54) is 0 Å². The Balaban J connectivity index is 2.03. The van der Waals surface area contributed by atoms with Crippen LogP contribution in [0.2, 0.25) is 0 Å². The molecular formula is C18H20N4O2. The number of rotatable bonds is 4. The van der Waals surface area contributed by atoms with E-state index in [1.807, 2.05) is 38.1 Å². The van der Waals surface area contributed by atoms with Gasteiger partial charge in [-0.2, -0.15) is 4.98 Å². The highest BCUT2D eigenvalue weighted by molar-refractivity contribution is 6.07. The van der Waals surface area contributed by atoms with Crippen molar-refractivity contribution in [3.05, 3.63) is 52.8 Å². The quantitative estimate of drug-likeness (QED) is 0.737. The number of hydrogen-bond acceptors (Lipinski definition) is 5. The van der Waals surface area contributed by atoms with Crippen LogP contribution in [0.3, 0.4) is 0 Å². The number of aryl methyl sites for hydroxylation is 2. The second-order valence-corrected chi connectivity index (χ2v) is 5.82. The Bertz CT molecular complexity index is 901. The first-order chi connectivity index (χ1) is 11.5. The lowest BCUT2D eigenvalue weighted by molar-refractivity contribution is 0.0781. The van der Waals surface area contributed by atoms with Crippen LogP contribution < -0.4 is 0 Å². The van der Waals surface area contributed by atoms with Gasteiger partial charge in [0.2, 0.25) is 5.89 Å². The van der Waals surface area contributed by atoms with Crippen LogP contribution in [-0.2, 0) is 13.0 Å². The second kappa shape index (κ2) is 6.39. The topological polar surface area (TPSA) is 72.1 Å². The van der Waals surface area contributed by atoms with Crippen LogP contribution in [0.5, 0.6) is 0 Å². The van der Waals surface area contributed by atoms with E-state index in [2.05, 4.69) is 15.1 Å². The van der Waals surface area contributed by atoms with Crippen LogP contribution in [0, 0.1) is 13.8 Å². The highest BCUT2D eigenvalue weighted by Gasteiger charge is 2.21. The van der Waals surface area contributed by atoms with Gasteiger partial charge >= 0.3 is 0 Å². The molecule has 0 aliphatic rings. The van der Waals surface area contributed by atoms with Crippen LogP contribution in [-0.4, -0.2) is 33.0 Å². The van der Waals surface area contributed by atoms with Crippen molar-refractivity contribution in [3.8, 4) is 0 Å². The molecule has 1 aromatic carbocycles. The van der Waals surface area contributed by atoms with Crippen molar-refractivity contribution in [2.45, 2.75) is 33.7 Å². The Hall–Kier alpha value is -2.76. The fourth-order valence-electron chi connectivity index (χ4n) is 2.86. The van der Waals surface area contributed by atoms with Crippen molar-refractivity contribution in [3.63, 3.8) is 0 Å². The molecule has 6 heteroatoms. The van der Waals surface area contributed by atoms with E-state index in [0.717, 1.165) is 28.6 Å². The summed E-state index contributed by atoms with van der Waals surface area (Å²) < 4.78 is 4.97. The van der Waals surface area contributed by atoms with Crippen LogP contribution in [0.25, 0.3) is 10.9 Å². The lowest BCUT2D eigenvalue weighted by Crippen LogP contribution is -2.28. The predicted octanol–water partition coefficient (Wildman–Crippen LogP) is 3.07. The van der Waals surface area contributed by atoms with Gasteiger partial charge in [0.1, 0.15) is 0 Å². The van der Waals surface area contributed by atoms with Crippen molar-refractivity contribution >= 4 is 16.8 Å². The number of pyridine rings is 1. The van der Waals surface area contributed by atoms with Gasteiger partial charge in [-0.1, -0.05) is 30.3 Å². The highest BCUT2D eigenvalue weighted by atomic mass is 16.5. The molecular weight excluding hydrogens is 304 g/mol. The number of aromatic nitrogens is 3.